The van der Waals surface area contributed by atoms with Crippen LogP contribution in [0.25, 0.3) is 11.5 Å². The second-order valence-electron chi connectivity index (χ2n) is 7.40. The van der Waals surface area contributed by atoms with E-state index >= 15 is 0 Å². The van der Waals surface area contributed by atoms with Gasteiger partial charge in [0.05, 0.1) is 22.3 Å². The highest BCUT2D eigenvalue weighted by molar-refractivity contribution is 6.05. The van der Waals surface area contributed by atoms with E-state index in [0.29, 0.717) is 11.1 Å². The third-order valence-electron chi connectivity index (χ3n) is 5.23. The molecule has 3 aromatic rings. The average molecular weight is 454 g/mol. The number of ether oxygens (including phenoxy) is 4. The molecular formula is C26H14O8. The first-order valence-corrected chi connectivity index (χ1v) is 9.95. The van der Waals surface area contributed by atoms with Crippen LogP contribution in [-0.4, -0.2) is 23.9 Å². The SMILES string of the molecule is C=C1OC(=O)c2cc(C(=O)Oc3ccc(OC(=O)c4ccc5c(c4)C(=O)OC5=C)cc3)ccc21. The number of hydrogen-bond acceptors (Lipinski definition) is 8. The predicted octanol–water partition coefficient (Wildman–Crippen LogP) is 4.41. The normalized spacial score (nSPS) is 13.6. The van der Waals surface area contributed by atoms with Gasteiger partial charge in [0.15, 0.2) is 0 Å². The minimum Gasteiger partial charge on any atom is -0.423 e. The van der Waals surface area contributed by atoms with E-state index in [1.54, 1.807) is 12.1 Å². The van der Waals surface area contributed by atoms with Gasteiger partial charge in [0.1, 0.15) is 23.0 Å². The molecule has 0 aliphatic carbocycles. The zero-order valence-corrected chi connectivity index (χ0v) is 17.5. The van der Waals surface area contributed by atoms with Crippen molar-refractivity contribution >= 4 is 35.4 Å². The summed E-state index contributed by atoms with van der Waals surface area (Å²) in [5.74, 6) is -1.64. The summed E-state index contributed by atoms with van der Waals surface area (Å²) in [6.07, 6.45) is 0. The van der Waals surface area contributed by atoms with Gasteiger partial charge in [-0.1, -0.05) is 13.2 Å². The van der Waals surface area contributed by atoms with Gasteiger partial charge in [-0.05, 0) is 60.7 Å². The van der Waals surface area contributed by atoms with Crippen molar-refractivity contribution in [1.82, 2.24) is 0 Å². The molecule has 0 radical (unpaired) electrons. The van der Waals surface area contributed by atoms with Crippen molar-refractivity contribution in [3.63, 3.8) is 0 Å². The van der Waals surface area contributed by atoms with Crippen LogP contribution in [0.5, 0.6) is 11.5 Å². The zero-order valence-electron chi connectivity index (χ0n) is 17.5. The first kappa shape index (κ1) is 20.9. The van der Waals surface area contributed by atoms with Crippen molar-refractivity contribution in [2.24, 2.45) is 0 Å². The molecule has 0 N–H and O–H groups in total. The topological polar surface area (TPSA) is 105 Å². The maximum Gasteiger partial charge on any atom is 0.344 e. The van der Waals surface area contributed by atoms with Crippen LogP contribution in [0.1, 0.15) is 52.6 Å². The molecule has 5 rings (SSSR count). The monoisotopic (exact) mass is 454 g/mol. The minimum absolute atomic E-state index is 0.165. The third-order valence-corrected chi connectivity index (χ3v) is 5.23. The van der Waals surface area contributed by atoms with Gasteiger partial charge in [0.25, 0.3) is 0 Å². The lowest BCUT2D eigenvalue weighted by Gasteiger charge is -2.08. The van der Waals surface area contributed by atoms with E-state index in [9.17, 15) is 19.2 Å². The molecule has 0 bridgehead atoms. The maximum absolute atomic E-state index is 12.5. The molecule has 3 aromatic carbocycles. The summed E-state index contributed by atoms with van der Waals surface area (Å²) in [6, 6.07) is 14.7. The van der Waals surface area contributed by atoms with Gasteiger partial charge in [0, 0.05) is 11.1 Å². The molecule has 0 atom stereocenters. The Labute approximate surface area is 192 Å². The quantitative estimate of drug-likeness (QED) is 0.422. The fraction of sp³-hybridized carbons (Fsp3) is 0. The van der Waals surface area contributed by atoms with Crippen LogP contribution in [0.15, 0.2) is 73.8 Å². The van der Waals surface area contributed by atoms with Gasteiger partial charge >= 0.3 is 23.9 Å². The molecule has 8 heteroatoms. The summed E-state index contributed by atoms with van der Waals surface area (Å²) in [5, 5.41) is 0. The standard InChI is InChI=1S/C26H14O8/c1-13-19-9-3-15(11-21(19)25(29)31-13)23(27)33-17-5-7-18(8-6-17)34-24(28)16-4-10-20-14(2)32-26(30)22(20)12-16/h3-12H,1-2H2. The Morgan fingerprint density at radius 3 is 1.35 bits per heavy atom. The largest absolute Gasteiger partial charge is 0.423 e. The number of fused-ring (bicyclic) bond motifs is 2. The summed E-state index contributed by atoms with van der Waals surface area (Å²) in [7, 11) is 0. The number of hydrogen-bond donors (Lipinski definition) is 0. The Kier molecular flexibility index (Phi) is 4.83. The van der Waals surface area contributed by atoms with Gasteiger partial charge in [-0.3, -0.25) is 0 Å². The van der Waals surface area contributed by atoms with Gasteiger partial charge in [-0.15, -0.1) is 0 Å². The molecule has 8 nitrogen and oxygen atoms in total. The van der Waals surface area contributed by atoms with Crippen molar-refractivity contribution in [2.45, 2.75) is 0 Å². The van der Waals surface area contributed by atoms with Crippen LogP contribution in [0, 0.1) is 0 Å². The number of benzene rings is 3. The Bertz CT molecular complexity index is 1340. The number of cyclic esters (lactones) is 2. The van der Waals surface area contributed by atoms with Gasteiger partial charge < -0.3 is 18.9 Å². The first-order chi connectivity index (χ1) is 16.3. The van der Waals surface area contributed by atoms with Crippen molar-refractivity contribution in [3.05, 3.63) is 107 Å². The fourth-order valence-corrected chi connectivity index (χ4v) is 3.52. The molecule has 166 valence electrons. The lowest BCUT2D eigenvalue weighted by molar-refractivity contribution is 0.0702. The summed E-state index contributed by atoms with van der Waals surface area (Å²) in [6.45, 7) is 7.28. The number of carbonyl (C=O) groups excluding carboxylic acids is 4. The highest BCUT2D eigenvalue weighted by atomic mass is 16.6. The lowest BCUT2D eigenvalue weighted by atomic mass is 10.0. The molecule has 2 aliphatic rings. The summed E-state index contributed by atoms with van der Waals surface area (Å²) in [4.78, 5) is 48.6. The maximum atomic E-state index is 12.5. The van der Waals surface area contributed by atoms with Crippen molar-refractivity contribution < 1.29 is 38.1 Å². The summed E-state index contributed by atoms with van der Waals surface area (Å²) in [5.41, 5.74) is 1.87. The van der Waals surface area contributed by atoms with E-state index in [0.717, 1.165) is 0 Å². The minimum atomic E-state index is -0.676. The molecule has 0 fully saturated rings. The Hall–Kier alpha value is -4.98. The van der Waals surface area contributed by atoms with E-state index < -0.39 is 23.9 Å². The summed E-state index contributed by atoms with van der Waals surface area (Å²) >= 11 is 0. The van der Waals surface area contributed by atoms with E-state index in [2.05, 4.69) is 13.2 Å². The van der Waals surface area contributed by atoms with Crippen LogP contribution in [0.4, 0.5) is 0 Å². The Balaban J connectivity index is 1.26. The molecule has 34 heavy (non-hydrogen) atoms. The van der Waals surface area contributed by atoms with Crippen molar-refractivity contribution in [3.8, 4) is 11.5 Å². The van der Waals surface area contributed by atoms with Crippen LogP contribution >= 0.6 is 0 Å². The lowest BCUT2D eigenvalue weighted by Crippen LogP contribution is -2.11. The Morgan fingerprint density at radius 1 is 0.588 bits per heavy atom. The molecule has 0 aromatic heterocycles. The highest BCUT2D eigenvalue weighted by Gasteiger charge is 2.27. The molecular weight excluding hydrogens is 440 g/mol. The van der Waals surface area contributed by atoms with E-state index in [1.807, 2.05) is 0 Å². The van der Waals surface area contributed by atoms with Crippen molar-refractivity contribution in [1.29, 1.82) is 0 Å². The van der Waals surface area contributed by atoms with Crippen molar-refractivity contribution in [2.75, 3.05) is 0 Å². The first-order valence-electron chi connectivity index (χ1n) is 9.95. The molecule has 2 aliphatic heterocycles. The molecule has 0 spiro atoms. The molecule has 0 saturated heterocycles. The fourth-order valence-electron chi connectivity index (χ4n) is 3.52. The highest BCUT2D eigenvalue weighted by Crippen LogP contribution is 2.30. The number of esters is 4. The third kappa shape index (κ3) is 3.63. The van der Waals surface area contributed by atoms with E-state index in [1.165, 1.54) is 48.5 Å². The van der Waals surface area contributed by atoms with E-state index in [-0.39, 0.29) is 45.3 Å². The Morgan fingerprint density at radius 2 is 0.971 bits per heavy atom. The second kappa shape index (κ2) is 7.86. The summed E-state index contributed by atoms with van der Waals surface area (Å²) < 4.78 is 20.5. The van der Waals surface area contributed by atoms with Crippen LogP contribution < -0.4 is 9.47 Å². The van der Waals surface area contributed by atoms with E-state index in [4.69, 9.17) is 18.9 Å². The number of carbonyl (C=O) groups is 4. The zero-order chi connectivity index (χ0) is 24.0. The number of rotatable bonds is 4. The average Bonchev–Trinajstić information content (AvgIpc) is 3.28. The molecule has 0 amide bonds. The van der Waals surface area contributed by atoms with Crippen LogP contribution in [0.3, 0.4) is 0 Å². The van der Waals surface area contributed by atoms with Crippen LogP contribution in [0.2, 0.25) is 0 Å². The predicted molar refractivity (Wildman–Crippen MR) is 118 cm³/mol. The molecule has 0 saturated carbocycles. The van der Waals surface area contributed by atoms with Gasteiger partial charge in [0.2, 0.25) is 0 Å². The molecule has 0 unspecified atom stereocenters. The smallest absolute Gasteiger partial charge is 0.344 e. The van der Waals surface area contributed by atoms with Gasteiger partial charge in [-0.2, -0.15) is 0 Å². The van der Waals surface area contributed by atoms with Gasteiger partial charge in [-0.25, -0.2) is 19.2 Å². The second-order valence-corrected chi connectivity index (χ2v) is 7.40. The molecule has 2 heterocycles. The van der Waals surface area contributed by atoms with Crippen LogP contribution in [-0.2, 0) is 9.47 Å².